The number of hydrogen-bond acceptors (Lipinski definition) is 4. The summed E-state index contributed by atoms with van der Waals surface area (Å²) in [7, 11) is -8.68. The summed E-state index contributed by atoms with van der Waals surface area (Å²) >= 11 is 0. The van der Waals surface area contributed by atoms with Crippen molar-refractivity contribution in [1.82, 2.24) is 0 Å². The van der Waals surface area contributed by atoms with E-state index in [0.29, 0.717) is 11.1 Å². The maximum Gasteiger partial charge on any atom is 2.00 e. The predicted molar refractivity (Wildman–Crippen MR) is 79.5 cm³/mol. The van der Waals surface area contributed by atoms with Gasteiger partial charge in [0.1, 0.15) is 0 Å². The number of hydrogen-bond donors (Lipinski definition) is 2. The zero-order valence-corrected chi connectivity index (χ0v) is 14.5. The summed E-state index contributed by atoms with van der Waals surface area (Å²) in [5.41, 5.74) is 0.788. The van der Waals surface area contributed by atoms with Gasteiger partial charge in [-0.15, -0.1) is 0 Å². The third-order valence-electron chi connectivity index (χ3n) is 2.60. The Morgan fingerprint density at radius 1 is 0.714 bits per heavy atom. The van der Waals surface area contributed by atoms with E-state index in [9.17, 15) is 16.8 Å². The Hall–Kier alpha value is -0.480. The fourth-order valence-electron chi connectivity index (χ4n) is 1.67. The molecule has 0 aliphatic carbocycles. The first-order valence-corrected chi connectivity index (χ1v) is 8.21. The van der Waals surface area contributed by atoms with Gasteiger partial charge < -0.3 is 2.85 Å². The average Bonchev–Trinajstić information content (AvgIpc) is 2.37. The molecule has 9 heteroatoms. The van der Waals surface area contributed by atoms with E-state index in [-0.39, 0.29) is 50.4 Å². The first-order valence-electron chi connectivity index (χ1n) is 5.33. The normalized spacial score (nSPS) is 11.7. The Balaban J connectivity index is 0. The van der Waals surface area contributed by atoms with Crippen molar-refractivity contribution in [1.29, 1.82) is 0 Å². The molecule has 0 radical (unpaired) electrons. The van der Waals surface area contributed by atoms with Crippen LogP contribution < -0.4 is 0 Å². The molecule has 0 aromatic heterocycles. The minimum Gasteiger partial charge on any atom is -1.00 e. The first kappa shape index (κ1) is 18.6. The van der Waals surface area contributed by atoms with Gasteiger partial charge in [-0.05, 0) is 35.4 Å². The van der Waals surface area contributed by atoms with E-state index >= 15 is 0 Å². The van der Waals surface area contributed by atoms with Crippen LogP contribution in [0.2, 0.25) is 0 Å². The van der Waals surface area contributed by atoms with E-state index in [2.05, 4.69) is 0 Å². The van der Waals surface area contributed by atoms with Crippen molar-refractivity contribution in [2.24, 2.45) is 0 Å². The zero-order chi connectivity index (χ0) is 15.0. The van der Waals surface area contributed by atoms with Crippen molar-refractivity contribution >= 4 is 58.0 Å². The molecule has 0 aliphatic heterocycles. The van der Waals surface area contributed by atoms with Gasteiger partial charge in [0.2, 0.25) is 0 Å². The van der Waals surface area contributed by atoms with Gasteiger partial charge in [0.15, 0.2) is 0 Å². The predicted octanol–water partition coefficient (Wildman–Crippen LogP) is 1.69. The Morgan fingerprint density at radius 2 is 1.05 bits per heavy atom. The molecule has 2 aromatic rings. The van der Waals surface area contributed by atoms with Crippen LogP contribution in [-0.2, 0) is 20.2 Å². The van der Waals surface area contributed by atoms with E-state index in [1.54, 1.807) is 12.1 Å². The largest absolute Gasteiger partial charge is 2.00 e. The summed E-state index contributed by atoms with van der Waals surface area (Å²) in [6.45, 7) is 0. The van der Waals surface area contributed by atoms with Crippen LogP contribution in [0.25, 0.3) is 11.1 Å². The monoisotopic (exact) mass is 356 g/mol. The van der Waals surface area contributed by atoms with Crippen LogP contribution in [0.4, 0.5) is 0 Å². The summed E-state index contributed by atoms with van der Waals surface area (Å²) in [6.07, 6.45) is 0. The van der Waals surface area contributed by atoms with Gasteiger partial charge in [0.05, 0.1) is 9.79 Å². The average molecular weight is 356 g/mol. The van der Waals surface area contributed by atoms with Gasteiger partial charge in [-0.2, -0.15) is 16.8 Å². The number of rotatable bonds is 3. The van der Waals surface area contributed by atoms with Crippen molar-refractivity contribution in [2.45, 2.75) is 9.79 Å². The third kappa shape index (κ3) is 4.75. The topological polar surface area (TPSA) is 109 Å². The second-order valence-corrected chi connectivity index (χ2v) is 6.85. The van der Waals surface area contributed by atoms with Crippen molar-refractivity contribution in [3.05, 3.63) is 48.5 Å². The molecule has 0 fully saturated rings. The van der Waals surface area contributed by atoms with Crippen LogP contribution in [0.3, 0.4) is 0 Å². The Kier molecular flexibility index (Phi) is 5.96. The quantitative estimate of drug-likeness (QED) is 0.640. The van der Waals surface area contributed by atoms with Crippen LogP contribution in [0, 0.1) is 0 Å². The Morgan fingerprint density at radius 3 is 1.33 bits per heavy atom. The van der Waals surface area contributed by atoms with Crippen molar-refractivity contribution < 1.29 is 28.8 Å². The van der Waals surface area contributed by atoms with Crippen molar-refractivity contribution in [3.8, 4) is 11.1 Å². The SMILES string of the molecule is O=S(=O)(O)c1cccc(-c2cccc(S(=O)(=O)O)c2)c1.[Ca+2].[H-].[H-]. The van der Waals surface area contributed by atoms with Gasteiger partial charge in [0.25, 0.3) is 20.2 Å². The molecule has 0 bridgehead atoms. The van der Waals surface area contributed by atoms with Gasteiger partial charge in [0, 0.05) is 0 Å². The van der Waals surface area contributed by atoms with E-state index < -0.39 is 20.2 Å². The fraction of sp³-hybridized carbons (Fsp3) is 0. The molecular weight excluding hydrogens is 344 g/mol. The summed E-state index contributed by atoms with van der Waals surface area (Å²) in [6, 6.07) is 10.8. The van der Waals surface area contributed by atoms with Gasteiger partial charge in [-0.25, -0.2) is 0 Å². The second kappa shape index (κ2) is 6.74. The molecule has 0 atom stereocenters. The van der Waals surface area contributed by atoms with E-state index in [1.165, 1.54) is 36.4 Å². The maximum atomic E-state index is 11.1. The van der Waals surface area contributed by atoms with Crippen LogP contribution in [0.15, 0.2) is 58.3 Å². The van der Waals surface area contributed by atoms with Gasteiger partial charge in [-0.1, -0.05) is 24.3 Å². The Bertz CT molecular complexity index is 795. The molecule has 0 aliphatic rings. The summed E-state index contributed by atoms with van der Waals surface area (Å²) in [5.74, 6) is 0. The van der Waals surface area contributed by atoms with E-state index in [0.717, 1.165) is 0 Å². The molecule has 0 heterocycles. The summed E-state index contributed by atoms with van der Waals surface area (Å²) in [5, 5.41) is 0. The Labute approximate surface area is 155 Å². The van der Waals surface area contributed by atoms with Gasteiger partial charge >= 0.3 is 37.7 Å². The zero-order valence-electron chi connectivity index (χ0n) is 12.7. The molecule has 0 unspecified atom stereocenters. The smallest absolute Gasteiger partial charge is 1.00 e. The first-order chi connectivity index (χ1) is 9.18. The number of benzene rings is 2. The molecule has 2 rings (SSSR count). The molecule has 0 amide bonds. The molecular formula is C12H12CaO6S2. The van der Waals surface area contributed by atoms with Crippen LogP contribution >= 0.6 is 0 Å². The third-order valence-corrected chi connectivity index (χ3v) is 4.30. The van der Waals surface area contributed by atoms with Gasteiger partial charge in [-0.3, -0.25) is 9.11 Å². The molecule has 2 N–H and O–H groups in total. The molecule has 2 aromatic carbocycles. The minimum atomic E-state index is -4.34. The standard InChI is InChI=1S/C12H10O6S2.Ca.2H/c13-19(14,15)11-5-1-3-9(7-11)10-4-2-6-12(8-10)20(16,17)18;;;/h1-8H,(H,13,14,15)(H,16,17,18);;;/q;+2;2*-1. The summed E-state index contributed by atoms with van der Waals surface area (Å²) < 4.78 is 62.2. The summed E-state index contributed by atoms with van der Waals surface area (Å²) in [4.78, 5) is -0.598. The molecule has 0 spiro atoms. The van der Waals surface area contributed by atoms with Crippen LogP contribution in [0.5, 0.6) is 0 Å². The van der Waals surface area contributed by atoms with Crippen molar-refractivity contribution in [3.63, 3.8) is 0 Å². The van der Waals surface area contributed by atoms with Crippen LogP contribution in [0.1, 0.15) is 2.85 Å². The molecule has 110 valence electrons. The fourth-order valence-corrected chi connectivity index (χ4v) is 2.73. The van der Waals surface area contributed by atoms with Crippen LogP contribution in [-0.4, -0.2) is 63.7 Å². The van der Waals surface area contributed by atoms with E-state index in [1.807, 2.05) is 0 Å². The molecule has 0 saturated heterocycles. The maximum absolute atomic E-state index is 11.1. The molecule has 0 saturated carbocycles. The van der Waals surface area contributed by atoms with Crippen molar-refractivity contribution in [2.75, 3.05) is 0 Å². The minimum absolute atomic E-state index is 0. The molecule has 6 nitrogen and oxygen atoms in total. The molecule has 21 heavy (non-hydrogen) atoms. The van der Waals surface area contributed by atoms with E-state index in [4.69, 9.17) is 9.11 Å². The second-order valence-electron chi connectivity index (χ2n) is 4.01.